The van der Waals surface area contributed by atoms with Crippen LogP contribution >= 0.6 is 23.1 Å². The molecule has 76 heavy (non-hydrogen) atoms. The highest BCUT2D eigenvalue weighted by molar-refractivity contribution is 7.84. The van der Waals surface area contributed by atoms with Crippen LogP contribution in [0.5, 0.6) is 0 Å². The lowest BCUT2D eigenvalue weighted by molar-refractivity contribution is -0.919. The van der Waals surface area contributed by atoms with E-state index in [4.69, 9.17) is 21.7 Å². The van der Waals surface area contributed by atoms with Crippen molar-refractivity contribution in [2.75, 3.05) is 94.6 Å². The molecule has 2 aromatic carbocycles. The van der Waals surface area contributed by atoms with E-state index in [1.54, 1.807) is 28.0 Å². The Morgan fingerprint density at radius 3 is 1.49 bits per heavy atom. The number of piperazine rings is 2. The first-order valence-electron chi connectivity index (χ1n) is 28.6. The van der Waals surface area contributed by atoms with Crippen LogP contribution in [-0.4, -0.2) is 144 Å². The standard InChI is InChI=1S/C28H36N4O2S.C19H26N3S.C9H11NO2.CH4O3S.CH4/c33-27-24-18-9-10-19(15-18)25(24)28(34)32(27)17-21-6-2-1-5-20(21)16-30-11-13-31(14-12-30)26-22-7-3-4-8-23(22)35-29-26;1-2-6-16-14-22(13-15(16)5-1)11-9-21(10-12-22)19-17-7-3-4-8-18(17)23-20-19;11-8-6-4-1-2-5(3-4)7(6)9(12)10-8;1-5(2,3)4;/h3-4,7-8,18-21,24-25H,1-2,5-6,9-17H2;3-4,7-8,15-16H,1-2,5-6,9-14H2;4-7H,1-3H2,(H,10,11,12);1H3,(H,2,3,4);1H4/q;+1;;;/p-1/t18-,19+,20-,21-,24-,25+;15-,16-;4-,5+,6-,7+;;/m00.../s1. The van der Waals surface area contributed by atoms with Crippen LogP contribution < -0.4 is 15.1 Å². The lowest BCUT2D eigenvalue weighted by Crippen LogP contribution is -2.58. The molecular formula is C58H80N8O7S3. The first kappa shape index (κ1) is 53.9. The Morgan fingerprint density at radius 1 is 0.579 bits per heavy atom. The smallest absolute Gasteiger partial charge is 0.233 e. The summed E-state index contributed by atoms with van der Waals surface area (Å²) in [5, 5.41) is 5.06. The topological polar surface area (TPSA) is 176 Å². The maximum Gasteiger partial charge on any atom is 0.233 e. The molecule has 7 heterocycles. The summed E-state index contributed by atoms with van der Waals surface area (Å²) < 4.78 is 40.8. The average molecular weight is 1100 g/mol. The molecule has 2 aromatic heterocycles. The van der Waals surface area contributed by atoms with Crippen LogP contribution in [-0.2, 0) is 29.3 Å². The highest BCUT2D eigenvalue weighted by Crippen LogP contribution is 2.57. The van der Waals surface area contributed by atoms with Gasteiger partial charge in [-0.15, -0.1) is 0 Å². The van der Waals surface area contributed by atoms with E-state index in [9.17, 15) is 19.2 Å². The number of anilines is 2. The van der Waals surface area contributed by atoms with E-state index in [2.05, 4.69) is 68.5 Å². The summed E-state index contributed by atoms with van der Waals surface area (Å²) in [6.07, 6.45) is 18.4. The Kier molecular flexibility index (Phi) is 15.8. The SMILES string of the molecule is C.CS(=O)(=O)[O-].O=C1NC(=O)[C@H]2[C@H]3CC[C@H](C3)[C@@H]12.O=C1[C@@H]2[C@@H]3CC[C@@H](C3)[C@@H]2C(=O)N1C[C@@H]1CCCC[C@H]1CN1CCN(c2nsc3ccccc23)CC1.c1ccc2c(N3CC[N+]4(CC3)C[C@@H]3CCCC[C@H]3C4)nsc2c1. The molecule has 4 aromatic rings. The zero-order valence-corrected chi connectivity index (χ0v) is 46.1. The van der Waals surface area contributed by atoms with E-state index in [0.717, 1.165) is 95.3 Å². The molecule has 4 bridgehead atoms. The van der Waals surface area contributed by atoms with Gasteiger partial charge in [-0.1, -0.05) is 57.4 Å². The summed E-state index contributed by atoms with van der Waals surface area (Å²) in [5.41, 5.74) is 0. The molecule has 11 fully saturated rings. The Hall–Kier alpha value is -4.07. The second kappa shape index (κ2) is 22.2. The molecule has 15 nitrogen and oxygen atoms in total. The fourth-order valence-electron chi connectivity index (χ4n) is 17.0. The summed E-state index contributed by atoms with van der Waals surface area (Å²) in [5.74, 6) is 8.04. The average Bonchev–Trinajstić information content (AvgIpc) is 4.35. The van der Waals surface area contributed by atoms with Crippen molar-refractivity contribution in [3.05, 3.63) is 48.5 Å². The van der Waals surface area contributed by atoms with Crippen molar-refractivity contribution in [2.45, 2.75) is 97.3 Å². The number of hydrogen-bond donors (Lipinski definition) is 1. The second-order valence-electron chi connectivity index (χ2n) is 24.7. The van der Waals surface area contributed by atoms with Gasteiger partial charge in [0.1, 0.15) is 5.82 Å². The van der Waals surface area contributed by atoms with Crippen molar-refractivity contribution in [3.63, 3.8) is 0 Å². The zero-order valence-electron chi connectivity index (χ0n) is 43.6. The van der Waals surface area contributed by atoms with Crippen LogP contribution in [0.4, 0.5) is 11.6 Å². The number of quaternary nitrogens is 1. The molecule has 15 rings (SSSR count). The van der Waals surface area contributed by atoms with Gasteiger partial charge in [-0.05, 0) is 147 Å². The molecule has 6 saturated carbocycles. The normalized spacial score (nSPS) is 34.0. The van der Waals surface area contributed by atoms with Crippen molar-refractivity contribution in [1.29, 1.82) is 0 Å². The van der Waals surface area contributed by atoms with Gasteiger partial charge in [0, 0.05) is 68.1 Å². The molecule has 0 unspecified atom stereocenters. The number of rotatable bonds is 6. The Morgan fingerprint density at radius 2 is 1.00 bits per heavy atom. The fraction of sp³-hybridized carbons (Fsp3) is 0.690. The molecule has 1 spiro atoms. The summed E-state index contributed by atoms with van der Waals surface area (Å²) in [6.45, 7) is 13.9. The summed E-state index contributed by atoms with van der Waals surface area (Å²) in [4.78, 5) is 58.6. The van der Waals surface area contributed by atoms with E-state index in [-0.39, 0.29) is 54.7 Å². The third-order valence-corrected chi connectivity index (χ3v) is 22.1. The molecular weight excluding hydrogens is 1020 g/mol. The van der Waals surface area contributed by atoms with Gasteiger partial charge in [-0.3, -0.25) is 34.3 Å². The van der Waals surface area contributed by atoms with Crippen molar-refractivity contribution < 1.29 is 36.6 Å². The maximum atomic E-state index is 13.3. The third-order valence-electron chi connectivity index (χ3n) is 20.5. The molecule has 5 aliphatic heterocycles. The summed E-state index contributed by atoms with van der Waals surface area (Å²) in [7, 11) is -3.92. The number of nitrogens with zero attached hydrogens (tertiary/aromatic N) is 7. The van der Waals surface area contributed by atoms with Crippen LogP contribution in [0.25, 0.3) is 20.2 Å². The first-order valence-corrected chi connectivity index (χ1v) is 32.0. The van der Waals surface area contributed by atoms with E-state index >= 15 is 0 Å². The van der Waals surface area contributed by atoms with Crippen LogP contribution in [0, 0.1) is 71.0 Å². The van der Waals surface area contributed by atoms with E-state index in [0.29, 0.717) is 48.3 Å². The van der Waals surface area contributed by atoms with Crippen molar-refractivity contribution in [3.8, 4) is 0 Å². The number of imide groups is 2. The van der Waals surface area contributed by atoms with Gasteiger partial charge in [0.2, 0.25) is 23.6 Å². The molecule has 5 saturated heterocycles. The first-order chi connectivity index (χ1) is 36.3. The van der Waals surface area contributed by atoms with Gasteiger partial charge in [-0.25, -0.2) is 8.42 Å². The molecule has 18 heteroatoms. The third kappa shape index (κ3) is 10.7. The van der Waals surface area contributed by atoms with Crippen molar-refractivity contribution in [1.82, 2.24) is 23.9 Å². The van der Waals surface area contributed by atoms with Gasteiger partial charge in [0.25, 0.3) is 0 Å². The number of fused-ring (bicyclic) bond motifs is 13. The Labute approximate surface area is 458 Å². The molecule has 1 N–H and O–H groups in total. The molecule has 4 amide bonds. The lowest BCUT2D eigenvalue weighted by atomic mass is 9.78. The van der Waals surface area contributed by atoms with Crippen LogP contribution in [0.3, 0.4) is 0 Å². The Balaban J connectivity index is 0.000000128. The van der Waals surface area contributed by atoms with E-state index < -0.39 is 10.1 Å². The molecule has 412 valence electrons. The second-order valence-corrected chi connectivity index (χ2v) is 27.7. The number of nitrogens with one attached hydrogen (secondary N) is 1. The highest BCUT2D eigenvalue weighted by Gasteiger charge is 2.61. The number of aromatic nitrogens is 2. The minimum Gasteiger partial charge on any atom is -0.748 e. The van der Waals surface area contributed by atoms with Gasteiger partial charge in [0.15, 0.2) is 5.82 Å². The number of carbonyl (C=O) groups is 4. The minimum absolute atomic E-state index is 0. The monoisotopic (exact) mass is 1100 g/mol. The van der Waals surface area contributed by atoms with Gasteiger partial charge in [-0.2, -0.15) is 8.75 Å². The predicted octanol–water partition coefficient (Wildman–Crippen LogP) is 8.11. The molecule has 11 aliphatic rings. The largest absolute Gasteiger partial charge is 0.748 e. The van der Waals surface area contributed by atoms with E-state index in [1.807, 2.05) is 0 Å². The number of benzene rings is 2. The van der Waals surface area contributed by atoms with Crippen molar-refractivity contribution >= 4 is 88.6 Å². The molecule has 6 aliphatic carbocycles. The van der Waals surface area contributed by atoms with Crippen LogP contribution in [0.15, 0.2) is 48.5 Å². The lowest BCUT2D eigenvalue weighted by Gasteiger charge is -2.42. The van der Waals surface area contributed by atoms with Crippen LogP contribution in [0.1, 0.15) is 97.3 Å². The Bertz CT molecular complexity index is 2800. The molecule has 0 radical (unpaired) electrons. The number of hydrogen-bond acceptors (Lipinski definition) is 14. The number of carbonyl (C=O) groups excluding carboxylic acids is 4. The number of amides is 4. The van der Waals surface area contributed by atoms with Gasteiger partial charge in [0.05, 0.1) is 82.5 Å². The van der Waals surface area contributed by atoms with Gasteiger partial charge >= 0.3 is 0 Å². The predicted molar refractivity (Wildman–Crippen MR) is 299 cm³/mol. The molecule has 12 atom stereocenters. The number of likely N-dealkylation sites (tertiary alicyclic amines) is 1. The summed E-state index contributed by atoms with van der Waals surface area (Å²) in [6, 6.07) is 17.2. The highest BCUT2D eigenvalue weighted by atomic mass is 32.2. The van der Waals surface area contributed by atoms with Crippen molar-refractivity contribution in [2.24, 2.45) is 71.0 Å². The maximum absolute atomic E-state index is 13.3. The zero-order chi connectivity index (χ0) is 51.6. The quantitative estimate of drug-likeness (QED) is 0.112. The minimum atomic E-state index is -3.92. The van der Waals surface area contributed by atoms with E-state index in [1.165, 1.54) is 115 Å². The van der Waals surface area contributed by atoms with Gasteiger partial charge < -0.3 is 18.8 Å². The van der Waals surface area contributed by atoms with Crippen LogP contribution in [0.2, 0.25) is 0 Å². The fourth-order valence-corrected chi connectivity index (χ4v) is 18.6. The summed E-state index contributed by atoms with van der Waals surface area (Å²) >= 11 is 3.25.